The predicted octanol–water partition coefficient (Wildman–Crippen LogP) is 2.91. The molecule has 1 heterocycles. The van der Waals surface area contributed by atoms with Crippen LogP contribution in [-0.2, 0) is 6.54 Å². The number of methoxy groups -OCH3 is 3. The number of hydrogen-bond donors (Lipinski definition) is 0. The minimum absolute atomic E-state index is 0.0799. The molecule has 6 heteroatoms. The molecule has 0 unspecified atom stereocenters. The molecule has 0 saturated heterocycles. The molecule has 1 aromatic heterocycles. The Morgan fingerprint density at radius 2 is 1.62 bits per heavy atom. The molecular weight excluding hydrogens is 334 g/mol. The Hall–Kier alpha value is -3.28. The minimum Gasteiger partial charge on any atom is -0.497 e. The number of carbonyl (C=O) groups excluding carboxylic acids is 1. The van der Waals surface area contributed by atoms with Crippen molar-refractivity contribution in [1.29, 1.82) is 0 Å². The smallest absolute Gasteiger partial charge is 0.258 e. The largest absolute Gasteiger partial charge is 0.497 e. The number of ketones is 1. The maximum absolute atomic E-state index is 12.7. The Morgan fingerprint density at radius 3 is 2.31 bits per heavy atom. The number of fused-ring (bicyclic) bond motifs is 1. The van der Waals surface area contributed by atoms with Gasteiger partial charge in [0, 0.05) is 17.6 Å². The third kappa shape index (κ3) is 3.26. The first-order valence-electron chi connectivity index (χ1n) is 8.00. The number of carbonyl (C=O) groups is 1. The number of benzene rings is 2. The number of hydrogen-bond acceptors (Lipinski definition) is 5. The normalized spacial score (nSPS) is 10.6. The lowest BCUT2D eigenvalue weighted by atomic mass is 10.1. The van der Waals surface area contributed by atoms with E-state index in [1.165, 1.54) is 11.7 Å². The van der Waals surface area contributed by atoms with Gasteiger partial charge in [-0.25, -0.2) is 0 Å². The molecule has 6 nitrogen and oxygen atoms in total. The van der Waals surface area contributed by atoms with Gasteiger partial charge in [0.1, 0.15) is 17.2 Å². The van der Waals surface area contributed by atoms with Crippen LogP contribution in [0.25, 0.3) is 10.8 Å². The lowest BCUT2D eigenvalue weighted by molar-refractivity contribution is 0.0968. The van der Waals surface area contributed by atoms with Crippen LogP contribution < -0.4 is 19.8 Å². The molecule has 0 amide bonds. The molecule has 134 valence electrons. The number of Topliss-reactive ketones (excluding diaryl/α,β-unsaturated/α-hetero) is 1. The van der Waals surface area contributed by atoms with Gasteiger partial charge in [-0.15, -0.1) is 0 Å². The van der Waals surface area contributed by atoms with Crippen molar-refractivity contribution in [3.05, 3.63) is 64.6 Å². The van der Waals surface area contributed by atoms with E-state index < -0.39 is 0 Å². The van der Waals surface area contributed by atoms with Crippen LogP contribution in [0.3, 0.4) is 0 Å². The lowest BCUT2D eigenvalue weighted by Gasteiger charge is -2.11. The summed E-state index contributed by atoms with van der Waals surface area (Å²) in [6, 6.07) is 12.0. The second-order valence-corrected chi connectivity index (χ2v) is 5.69. The molecule has 3 aromatic rings. The number of pyridine rings is 1. The molecule has 0 saturated carbocycles. The van der Waals surface area contributed by atoms with E-state index in [1.807, 2.05) is 0 Å². The van der Waals surface area contributed by atoms with Crippen LogP contribution >= 0.6 is 0 Å². The monoisotopic (exact) mass is 353 g/mol. The second-order valence-electron chi connectivity index (χ2n) is 5.69. The zero-order chi connectivity index (χ0) is 18.7. The summed E-state index contributed by atoms with van der Waals surface area (Å²) in [5, 5.41) is 1.29. The van der Waals surface area contributed by atoms with E-state index in [9.17, 15) is 9.59 Å². The third-order valence-corrected chi connectivity index (χ3v) is 4.21. The fourth-order valence-electron chi connectivity index (χ4n) is 2.79. The summed E-state index contributed by atoms with van der Waals surface area (Å²) < 4.78 is 17.0. The van der Waals surface area contributed by atoms with Crippen molar-refractivity contribution in [2.45, 2.75) is 6.54 Å². The average molecular weight is 353 g/mol. The topological polar surface area (TPSA) is 66.8 Å². The molecule has 0 aliphatic heterocycles. The predicted molar refractivity (Wildman–Crippen MR) is 98.6 cm³/mol. The highest BCUT2D eigenvalue weighted by Crippen LogP contribution is 2.25. The van der Waals surface area contributed by atoms with E-state index in [-0.39, 0.29) is 17.9 Å². The molecule has 0 aliphatic carbocycles. The van der Waals surface area contributed by atoms with Crippen molar-refractivity contribution in [1.82, 2.24) is 4.57 Å². The van der Waals surface area contributed by atoms with Crippen molar-refractivity contribution >= 4 is 16.6 Å². The van der Waals surface area contributed by atoms with E-state index in [0.717, 1.165) is 5.39 Å². The summed E-state index contributed by atoms with van der Waals surface area (Å²) >= 11 is 0. The van der Waals surface area contributed by atoms with Gasteiger partial charge in [0.15, 0.2) is 5.78 Å². The lowest BCUT2D eigenvalue weighted by Crippen LogP contribution is -2.24. The van der Waals surface area contributed by atoms with Crippen LogP contribution in [0.4, 0.5) is 0 Å². The van der Waals surface area contributed by atoms with Gasteiger partial charge in [-0.05, 0) is 41.8 Å². The molecule has 0 radical (unpaired) electrons. The Morgan fingerprint density at radius 1 is 0.923 bits per heavy atom. The minimum atomic E-state index is -0.231. The third-order valence-electron chi connectivity index (χ3n) is 4.21. The Bertz CT molecular complexity index is 1020. The van der Waals surface area contributed by atoms with E-state index in [4.69, 9.17) is 14.2 Å². The Balaban J connectivity index is 1.95. The molecule has 0 spiro atoms. The highest BCUT2D eigenvalue weighted by atomic mass is 16.5. The van der Waals surface area contributed by atoms with Crippen LogP contribution in [0.15, 0.2) is 53.5 Å². The fourth-order valence-corrected chi connectivity index (χ4v) is 2.79. The fraction of sp³-hybridized carbons (Fsp3) is 0.200. The van der Waals surface area contributed by atoms with Crippen LogP contribution in [0, 0.1) is 0 Å². The number of rotatable bonds is 6. The first-order valence-corrected chi connectivity index (χ1v) is 8.00. The van der Waals surface area contributed by atoms with Crippen molar-refractivity contribution in [2.24, 2.45) is 0 Å². The summed E-state index contributed by atoms with van der Waals surface area (Å²) in [4.78, 5) is 25.4. The van der Waals surface area contributed by atoms with Crippen LogP contribution in [0.5, 0.6) is 17.2 Å². The quantitative estimate of drug-likeness (QED) is 0.638. The molecule has 26 heavy (non-hydrogen) atoms. The standard InChI is InChI=1S/C20H19NO5/c1-24-14-4-6-16-13(10-14)8-9-21(20(16)23)12-18(22)17-7-5-15(25-2)11-19(17)26-3/h4-11H,12H2,1-3H3. The highest BCUT2D eigenvalue weighted by molar-refractivity contribution is 5.99. The molecule has 0 atom stereocenters. The van der Waals surface area contributed by atoms with Crippen LogP contribution in [-0.4, -0.2) is 31.7 Å². The van der Waals surface area contributed by atoms with Gasteiger partial charge in [-0.3, -0.25) is 9.59 Å². The average Bonchev–Trinajstić information content (AvgIpc) is 2.69. The number of ether oxygens (including phenoxy) is 3. The SMILES string of the molecule is COc1ccc(C(=O)Cn2ccc3cc(OC)ccc3c2=O)c(OC)c1. The van der Waals surface area contributed by atoms with Gasteiger partial charge in [0.05, 0.1) is 33.4 Å². The summed E-state index contributed by atoms with van der Waals surface area (Å²) in [6.45, 7) is -0.0799. The number of aromatic nitrogens is 1. The molecule has 3 rings (SSSR count). The van der Waals surface area contributed by atoms with Crippen LogP contribution in [0.1, 0.15) is 10.4 Å². The summed E-state index contributed by atoms with van der Waals surface area (Å²) in [6.07, 6.45) is 1.61. The van der Waals surface area contributed by atoms with Gasteiger partial charge < -0.3 is 18.8 Å². The van der Waals surface area contributed by atoms with Crippen molar-refractivity contribution in [2.75, 3.05) is 21.3 Å². The van der Waals surface area contributed by atoms with E-state index in [2.05, 4.69) is 0 Å². The van der Waals surface area contributed by atoms with Crippen molar-refractivity contribution in [3.8, 4) is 17.2 Å². The van der Waals surface area contributed by atoms with Gasteiger partial charge in [-0.1, -0.05) is 0 Å². The zero-order valence-electron chi connectivity index (χ0n) is 14.8. The van der Waals surface area contributed by atoms with Gasteiger partial charge in [0.2, 0.25) is 0 Å². The Labute approximate surface area is 150 Å². The van der Waals surface area contributed by atoms with Gasteiger partial charge in [0.25, 0.3) is 5.56 Å². The molecule has 0 N–H and O–H groups in total. The molecule has 0 fully saturated rings. The second kappa shape index (κ2) is 7.31. The van der Waals surface area contributed by atoms with Crippen molar-refractivity contribution < 1.29 is 19.0 Å². The van der Waals surface area contributed by atoms with E-state index >= 15 is 0 Å². The molecule has 0 bridgehead atoms. The first kappa shape index (κ1) is 17.5. The van der Waals surface area contributed by atoms with Gasteiger partial charge >= 0.3 is 0 Å². The molecule has 2 aromatic carbocycles. The maximum atomic E-state index is 12.7. The summed E-state index contributed by atoms with van der Waals surface area (Å²) in [5.41, 5.74) is 0.168. The van der Waals surface area contributed by atoms with E-state index in [0.29, 0.717) is 28.2 Å². The Kier molecular flexibility index (Phi) is 4.93. The first-order chi connectivity index (χ1) is 12.6. The maximum Gasteiger partial charge on any atom is 0.258 e. The molecule has 0 aliphatic rings. The highest BCUT2D eigenvalue weighted by Gasteiger charge is 2.15. The summed E-state index contributed by atoms with van der Waals surface area (Å²) in [7, 11) is 4.60. The zero-order valence-corrected chi connectivity index (χ0v) is 14.8. The van der Waals surface area contributed by atoms with E-state index in [1.54, 1.807) is 62.9 Å². The van der Waals surface area contributed by atoms with Gasteiger partial charge in [-0.2, -0.15) is 0 Å². The molecular formula is C20H19NO5. The van der Waals surface area contributed by atoms with Crippen molar-refractivity contribution in [3.63, 3.8) is 0 Å². The summed E-state index contributed by atoms with van der Waals surface area (Å²) in [5.74, 6) is 1.45. The number of nitrogens with zero attached hydrogens (tertiary/aromatic N) is 1. The van der Waals surface area contributed by atoms with Crippen LogP contribution in [0.2, 0.25) is 0 Å².